The quantitative estimate of drug-likeness (QED) is 0.531. The van der Waals surface area contributed by atoms with Gasteiger partial charge < -0.3 is 5.11 Å². The lowest BCUT2D eigenvalue weighted by Crippen LogP contribution is -1.98. The Morgan fingerprint density at radius 1 is 1.31 bits per heavy atom. The molecule has 0 radical (unpaired) electrons. The molecule has 1 N–H and O–H groups in total. The molecule has 0 spiro atoms. The first-order valence-corrected chi connectivity index (χ1v) is 3.99. The summed E-state index contributed by atoms with van der Waals surface area (Å²) >= 11 is 0. The average molecular weight is 174 g/mol. The molecule has 0 bridgehead atoms. The first-order valence-electron chi connectivity index (χ1n) is 3.99. The maximum absolute atomic E-state index is 11.1. The molecule has 66 valence electrons. The smallest absolute Gasteiger partial charge is 0.209 e. The van der Waals surface area contributed by atoms with E-state index in [2.05, 4.69) is 11.8 Å². The Morgan fingerprint density at radius 2 is 2.00 bits per heavy atom. The van der Waals surface area contributed by atoms with Crippen molar-refractivity contribution in [1.29, 1.82) is 0 Å². The molecule has 0 aliphatic carbocycles. The standard InChI is InChI=1S/C11H10O2/c12-8-4-7-11(13)9-10-5-2-1-3-6-10/h1-3,5-6,12H,8-9H2. The highest BCUT2D eigenvalue weighted by atomic mass is 16.2. The Balaban J connectivity index is 2.55. The van der Waals surface area contributed by atoms with Gasteiger partial charge in [-0.1, -0.05) is 36.3 Å². The molecule has 0 heterocycles. The van der Waals surface area contributed by atoms with Crippen LogP contribution in [0.1, 0.15) is 5.56 Å². The fraction of sp³-hybridized carbons (Fsp3) is 0.182. The highest BCUT2D eigenvalue weighted by molar-refractivity contribution is 5.96. The van der Waals surface area contributed by atoms with Crippen LogP contribution in [0.3, 0.4) is 0 Å². The second-order valence-corrected chi connectivity index (χ2v) is 2.55. The van der Waals surface area contributed by atoms with Gasteiger partial charge in [-0.25, -0.2) is 0 Å². The number of ketones is 1. The van der Waals surface area contributed by atoms with Gasteiger partial charge >= 0.3 is 0 Å². The highest BCUT2D eigenvalue weighted by Crippen LogP contribution is 1.99. The molecule has 1 rings (SSSR count). The molecule has 0 saturated carbocycles. The van der Waals surface area contributed by atoms with Crippen LogP contribution >= 0.6 is 0 Å². The largest absolute Gasteiger partial charge is 0.384 e. The van der Waals surface area contributed by atoms with Gasteiger partial charge in [-0.2, -0.15) is 0 Å². The van der Waals surface area contributed by atoms with Crippen molar-refractivity contribution < 1.29 is 9.90 Å². The molecule has 0 aromatic heterocycles. The highest BCUT2D eigenvalue weighted by Gasteiger charge is 1.97. The summed E-state index contributed by atoms with van der Waals surface area (Å²) in [6.45, 7) is -0.263. The monoisotopic (exact) mass is 174 g/mol. The third-order valence-corrected chi connectivity index (χ3v) is 1.51. The number of carbonyl (C=O) groups excluding carboxylic acids is 1. The van der Waals surface area contributed by atoms with E-state index >= 15 is 0 Å². The van der Waals surface area contributed by atoms with Crippen LogP contribution in [0.4, 0.5) is 0 Å². The average Bonchev–Trinajstić information content (AvgIpc) is 2.16. The van der Waals surface area contributed by atoms with Crippen molar-refractivity contribution in [2.75, 3.05) is 6.61 Å². The molecule has 2 heteroatoms. The zero-order valence-corrected chi connectivity index (χ0v) is 7.16. The molecule has 0 aliphatic rings. The molecule has 0 saturated heterocycles. The maximum atomic E-state index is 11.1. The minimum atomic E-state index is -0.263. The minimum absolute atomic E-state index is 0.166. The Bertz CT molecular complexity index is 330. The van der Waals surface area contributed by atoms with Crippen LogP contribution in [-0.4, -0.2) is 17.5 Å². The van der Waals surface area contributed by atoms with E-state index < -0.39 is 0 Å². The van der Waals surface area contributed by atoms with E-state index in [1.807, 2.05) is 30.3 Å². The van der Waals surface area contributed by atoms with Gasteiger partial charge in [0.15, 0.2) is 0 Å². The van der Waals surface area contributed by atoms with Crippen LogP contribution in [0.25, 0.3) is 0 Å². The predicted molar refractivity (Wildman–Crippen MR) is 50.0 cm³/mol. The Hall–Kier alpha value is -1.59. The lowest BCUT2D eigenvalue weighted by Gasteiger charge is -1.93. The lowest BCUT2D eigenvalue weighted by molar-refractivity contribution is -0.113. The summed E-state index contributed by atoms with van der Waals surface area (Å²) in [6, 6.07) is 9.40. The normalized spacial score (nSPS) is 8.69. The molecule has 1 aromatic carbocycles. The number of benzene rings is 1. The van der Waals surface area contributed by atoms with E-state index in [0.717, 1.165) is 5.56 Å². The molecular formula is C11H10O2. The Labute approximate surface area is 77.2 Å². The zero-order chi connectivity index (χ0) is 9.52. The van der Waals surface area contributed by atoms with Gasteiger partial charge in [0.1, 0.15) is 6.61 Å². The van der Waals surface area contributed by atoms with Crippen LogP contribution < -0.4 is 0 Å². The van der Waals surface area contributed by atoms with Gasteiger partial charge in [-0.15, -0.1) is 0 Å². The van der Waals surface area contributed by atoms with Gasteiger partial charge in [0.25, 0.3) is 0 Å². The van der Waals surface area contributed by atoms with Crippen molar-refractivity contribution >= 4 is 5.78 Å². The number of Topliss-reactive ketones (excluding diaryl/α,β-unsaturated/α-hetero) is 1. The number of carbonyl (C=O) groups is 1. The molecule has 0 unspecified atom stereocenters. The third kappa shape index (κ3) is 3.55. The fourth-order valence-electron chi connectivity index (χ4n) is 0.964. The van der Waals surface area contributed by atoms with Crippen LogP contribution in [0, 0.1) is 11.8 Å². The summed E-state index contributed by atoms with van der Waals surface area (Å²) in [5, 5.41) is 8.36. The summed E-state index contributed by atoms with van der Waals surface area (Å²) in [5.74, 6) is 4.50. The molecule has 2 nitrogen and oxygen atoms in total. The SMILES string of the molecule is O=C(C#CCO)Cc1ccccc1. The number of hydrogen-bond donors (Lipinski definition) is 1. The second-order valence-electron chi connectivity index (χ2n) is 2.55. The fourth-order valence-corrected chi connectivity index (χ4v) is 0.964. The van der Waals surface area contributed by atoms with E-state index in [0.29, 0.717) is 6.42 Å². The van der Waals surface area contributed by atoms with Gasteiger partial charge in [0.2, 0.25) is 5.78 Å². The topological polar surface area (TPSA) is 37.3 Å². The molecule has 0 amide bonds. The number of aliphatic hydroxyl groups is 1. The molecule has 0 fully saturated rings. The van der Waals surface area contributed by atoms with Crippen molar-refractivity contribution in [3.05, 3.63) is 35.9 Å². The van der Waals surface area contributed by atoms with Gasteiger partial charge in [0.05, 0.1) is 0 Å². The third-order valence-electron chi connectivity index (χ3n) is 1.51. The molecule has 1 aromatic rings. The van der Waals surface area contributed by atoms with Gasteiger partial charge in [0, 0.05) is 6.42 Å². The summed E-state index contributed by atoms with van der Waals surface area (Å²) in [5.41, 5.74) is 0.944. The lowest BCUT2D eigenvalue weighted by atomic mass is 10.1. The van der Waals surface area contributed by atoms with Crippen molar-refractivity contribution in [1.82, 2.24) is 0 Å². The summed E-state index contributed by atoms with van der Waals surface area (Å²) in [6.07, 6.45) is 0.313. The summed E-state index contributed by atoms with van der Waals surface area (Å²) < 4.78 is 0. The number of rotatable bonds is 2. The van der Waals surface area contributed by atoms with Crippen molar-refractivity contribution in [2.45, 2.75) is 6.42 Å². The molecule has 0 aliphatic heterocycles. The van der Waals surface area contributed by atoms with Crippen LogP contribution in [0.5, 0.6) is 0 Å². The molecule has 13 heavy (non-hydrogen) atoms. The molecular weight excluding hydrogens is 164 g/mol. The first-order chi connectivity index (χ1) is 6.33. The zero-order valence-electron chi connectivity index (χ0n) is 7.16. The first kappa shape index (κ1) is 9.50. The maximum Gasteiger partial charge on any atom is 0.209 e. The summed E-state index contributed by atoms with van der Waals surface area (Å²) in [7, 11) is 0. The van der Waals surface area contributed by atoms with Gasteiger partial charge in [-0.05, 0) is 11.5 Å². The predicted octanol–water partition coefficient (Wildman–Crippen LogP) is 0.794. The second kappa shape index (κ2) is 5.13. The van der Waals surface area contributed by atoms with E-state index in [1.54, 1.807) is 0 Å². The molecule has 0 atom stereocenters. The van der Waals surface area contributed by atoms with Crippen molar-refractivity contribution in [3.8, 4) is 11.8 Å². The van der Waals surface area contributed by atoms with Crippen molar-refractivity contribution in [3.63, 3.8) is 0 Å². The van der Waals surface area contributed by atoms with Gasteiger partial charge in [-0.3, -0.25) is 4.79 Å². The number of aliphatic hydroxyl groups excluding tert-OH is 1. The van der Waals surface area contributed by atoms with Crippen molar-refractivity contribution in [2.24, 2.45) is 0 Å². The van der Waals surface area contributed by atoms with E-state index in [-0.39, 0.29) is 12.4 Å². The number of hydrogen-bond acceptors (Lipinski definition) is 2. The Kier molecular flexibility index (Phi) is 3.74. The Morgan fingerprint density at radius 3 is 2.62 bits per heavy atom. The van der Waals surface area contributed by atoms with E-state index in [4.69, 9.17) is 5.11 Å². The van der Waals surface area contributed by atoms with E-state index in [1.165, 1.54) is 0 Å². The minimum Gasteiger partial charge on any atom is -0.384 e. The summed E-state index contributed by atoms with van der Waals surface area (Å²) in [4.78, 5) is 11.1. The van der Waals surface area contributed by atoms with Crippen LogP contribution in [0.15, 0.2) is 30.3 Å². The van der Waals surface area contributed by atoms with E-state index in [9.17, 15) is 4.79 Å². The van der Waals surface area contributed by atoms with Crippen LogP contribution in [-0.2, 0) is 11.2 Å². The van der Waals surface area contributed by atoms with Crippen LogP contribution in [0.2, 0.25) is 0 Å².